The molecule has 1 aliphatic rings. The fraction of sp³-hybridized carbons (Fsp3) is 0.333. The molecule has 2 aromatic rings. The van der Waals surface area contributed by atoms with Crippen LogP contribution >= 0.6 is 0 Å². The van der Waals surface area contributed by atoms with Gasteiger partial charge in [0.2, 0.25) is 0 Å². The van der Waals surface area contributed by atoms with E-state index in [1.54, 1.807) is 0 Å². The Morgan fingerprint density at radius 2 is 1.00 bits per heavy atom. The molecule has 0 aliphatic carbocycles. The predicted octanol–water partition coefficient (Wildman–Crippen LogP) is 2.97. The summed E-state index contributed by atoms with van der Waals surface area (Å²) in [5.74, 6) is -4.62. The topological polar surface area (TPSA) is 46.9 Å². The van der Waals surface area contributed by atoms with Crippen LogP contribution < -0.4 is 0 Å². The molecule has 140 valence electrons. The van der Waals surface area contributed by atoms with Gasteiger partial charge in [-0.15, -0.1) is 0 Å². The first-order valence-electron chi connectivity index (χ1n) is 8.12. The number of rotatable bonds is 4. The highest BCUT2D eigenvalue weighted by molar-refractivity contribution is 5.35. The number of phenols is 2. The summed E-state index contributed by atoms with van der Waals surface area (Å²) in [6.45, 7) is 2.53. The predicted molar refractivity (Wildman–Crippen MR) is 86.6 cm³/mol. The van der Waals surface area contributed by atoms with Crippen molar-refractivity contribution < 1.29 is 27.8 Å². The van der Waals surface area contributed by atoms with Crippen LogP contribution in [0.4, 0.5) is 17.6 Å². The van der Waals surface area contributed by atoms with E-state index >= 15 is 0 Å². The molecule has 0 amide bonds. The molecule has 0 atom stereocenters. The molecule has 1 fully saturated rings. The third-order valence-electron chi connectivity index (χ3n) is 4.47. The highest BCUT2D eigenvalue weighted by Gasteiger charge is 2.21. The van der Waals surface area contributed by atoms with Crippen LogP contribution in [0.25, 0.3) is 0 Å². The number of nitrogens with zero attached hydrogens (tertiary/aromatic N) is 2. The molecule has 0 aromatic heterocycles. The van der Waals surface area contributed by atoms with Crippen LogP contribution in [-0.2, 0) is 13.1 Å². The Hall–Kier alpha value is -2.32. The van der Waals surface area contributed by atoms with Gasteiger partial charge in [0.05, 0.1) is 0 Å². The van der Waals surface area contributed by atoms with Gasteiger partial charge in [0.1, 0.15) is 11.6 Å². The molecule has 1 heterocycles. The molecule has 0 unspecified atom stereocenters. The van der Waals surface area contributed by atoms with E-state index in [0.29, 0.717) is 38.3 Å². The molecule has 0 bridgehead atoms. The van der Waals surface area contributed by atoms with E-state index in [1.165, 1.54) is 0 Å². The molecule has 8 heteroatoms. The lowest BCUT2D eigenvalue weighted by molar-refractivity contribution is 0.120. The van der Waals surface area contributed by atoms with E-state index in [1.807, 2.05) is 9.80 Å². The third kappa shape index (κ3) is 4.08. The smallest absolute Gasteiger partial charge is 0.168 e. The normalized spacial score (nSPS) is 16.2. The van der Waals surface area contributed by atoms with Crippen molar-refractivity contribution in [2.75, 3.05) is 26.2 Å². The summed E-state index contributed by atoms with van der Waals surface area (Å²) in [6, 6.07) is 3.44. The van der Waals surface area contributed by atoms with Gasteiger partial charge in [0, 0.05) is 62.5 Å². The first kappa shape index (κ1) is 18.5. The number of piperazine rings is 1. The van der Waals surface area contributed by atoms with Crippen molar-refractivity contribution in [2.24, 2.45) is 0 Å². The summed E-state index contributed by atoms with van der Waals surface area (Å²) in [4.78, 5) is 3.83. The summed E-state index contributed by atoms with van der Waals surface area (Å²) < 4.78 is 53.4. The van der Waals surface area contributed by atoms with E-state index in [-0.39, 0.29) is 24.2 Å². The van der Waals surface area contributed by atoms with Crippen LogP contribution in [0.5, 0.6) is 11.5 Å². The summed E-state index contributed by atoms with van der Waals surface area (Å²) in [5, 5.41) is 19.4. The number of phenolic OH excluding ortho intramolecular Hbond substituents is 2. The number of benzene rings is 2. The van der Waals surface area contributed by atoms with Crippen molar-refractivity contribution in [3.8, 4) is 11.5 Å². The second kappa shape index (κ2) is 7.51. The van der Waals surface area contributed by atoms with Crippen molar-refractivity contribution in [3.05, 3.63) is 58.7 Å². The summed E-state index contributed by atoms with van der Waals surface area (Å²) in [6.07, 6.45) is 0. The van der Waals surface area contributed by atoms with Crippen molar-refractivity contribution in [2.45, 2.75) is 13.1 Å². The second-order valence-electron chi connectivity index (χ2n) is 6.34. The lowest BCUT2D eigenvalue weighted by atomic mass is 10.1. The van der Waals surface area contributed by atoms with Gasteiger partial charge in [-0.25, -0.2) is 17.6 Å². The van der Waals surface area contributed by atoms with Crippen molar-refractivity contribution in [1.29, 1.82) is 0 Å². The van der Waals surface area contributed by atoms with Gasteiger partial charge in [0.15, 0.2) is 23.1 Å². The van der Waals surface area contributed by atoms with Crippen molar-refractivity contribution in [3.63, 3.8) is 0 Å². The molecule has 0 spiro atoms. The fourth-order valence-electron chi connectivity index (χ4n) is 3.07. The Balaban J connectivity index is 1.60. The monoisotopic (exact) mass is 370 g/mol. The van der Waals surface area contributed by atoms with E-state index < -0.39 is 34.8 Å². The second-order valence-corrected chi connectivity index (χ2v) is 6.34. The number of hydrogen-bond acceptors (Lipinski definition) is 4. The zero-order valence-corrected chi connectivity index (χ0v) is 13.9. The molecule has 4 nitrogen and oxygen atoms in total. The van der Waals surface area contributed by atoms with Gasteiger partial charge < -0.3 is 10.2 Å². The third-order valence-corrected chi connectivity index (χ3v) is 4.47. The number of halogens is 4. The fourth-order valence-corrected chi connectivity index (χ4v) is 3.07. The van der Waals surface area contributed by atoms with Crippen LogP contribution in [0.15, 0.2) is 24.3 Å². The number of hydrogen-bond donors (Lipinski definition) is 2. The molecule has 1 saturated heterocycles. The average molecular weight is 370 g/mol. The number of aromatic hydroxyl groups is 2. The van der Waals surface area contributed by atoms with Gasteiger partial charge in [0.25, 0.3) is 0 Å². The minimum absolute atomic E-state index is 0.167. The minimum Gasteiger partial charge on any atom is -0.505 e. The van der Waals surface area contributed by atoms with E-state index in [9.17, 15) is 27.8 Å². The Morgan fingerprint density at radius 1 is 0.654 bits per heavy atom. The Kier molecular flexibility index (Phi) is 5.33. The van der Waals surface area contributed by atoms with E-state index in [4.69, 9.17) is 0 Å². The SMILES string of the molecule is Oc1c(F)cc(F)cc1CN1CCN(Cc2cc(F)cc(F)c2O)CC1. The van der Waals surface area contributed by atoms with Crippen LogP contribution in [-0.4, -0.2) is 46.2 Å². The molecule has 0 saturated carbocycles. The molecule has 26 heavy (non-hydrogen) atoms. The Labute approximate surface area is 147 Å². The van der Waals surface area contributed by atoms with Gasteiger partial charge in [-0.3, -0.25) is 9.80 Å². The molecule has 2 aromatic carbocycles. The molecule has 1 aliphatic heterocycles. The zero-order valence-electron chi connectivity index (χ0n) is 13.9. The lowest BCUT2D eigenvalue weighted by Gasteiger charge is -2.35. The molecule has 3 rings (SSSR count). The maximum Gasteiger partial charge on any atom is 0.168 e. The summed E-state index contributed by atoms with van der Waals surface area (Å²) in [7, 11) is 0. The standard InChI is InChI=1S/C18H18F4N2O2/c19-13-5-11(17(25)15(21)7-13)9-23-1-2-24(4-3-23)10-12-6-14(20)8-16(22)18(12)26/h5-8,25-26H,1-4,9-10H2. The van der Waals surface area contributed by atoms with Gasteiger partial charge in [-0.05, 0) is 12.1 Å². The highest BCUT2D eigenvalue weighted by atomic mass is 19.1. The first-order valence-corrected chi connectivity index (χ1v) is 8.12. The van der Waals surface area contributed by atoms with E-state index in [0.717, 1.165) is 12.1 Å². The maximum absolute atomic E-state index is 13.4. The average Bonchev–Trinajstić information content (AvgIpc) is 2.58. The van der Waals surface area contributed by atoms with Crippen molar-refractivity contribution in [1.82, 2.24) is 9.80 Å². The Bertz CT molecular complexity index is 741. The quantitative estimate of drug-likeness (QED) is 0.813. The first-order chi connectivity index (χ1) is 12.3. The van der Waals surface area contributed by atoms with Gasteiger partial charge >= 0.3 is 0 Å². The lowest BCUT2D eigenvalue weighted by Crippen LogP contribution is -2.45. The molecular formula is C18H18F4N2O2. The largest absolute Gasteiger partial charge is 0.505 e. The summed E-state index contributed by atoms with van der Waals surface area (Å²) >= 11 is 0. The van der Waals surface area contributed by atoms with Gasteiger partial charge in [-0.1, -0.05) is 0 Å². The maximum atomic E-state index is 13.4. The Morgan fingerprint density at radius 3 is 1.35 bits per heavy atom. The van der Waals surface area contributed by atoms with Crippen LogP contribution in [0.1, 0.15) is 11.1 Å². The highest BCUT2D eigenvalue weighted by Crippen LogP contribution is 2.26. The molecular weight excluding hydrogens is 352 g/mol. The molecule has 2 N–H and O–H groups in total. The van der Waals surface area contributed by atoms with Crippen molar-refractivity contribution >= 4 is 0 Å². The van der Waals surface area contributed by atoms with E-state index in [2.05, 4.69) is 0 Å². The van der Waals surface area contributed by atoms with Crippen LogP contribution in [0.2, 0.25) is 0 Å². The van der Waals surface area contributed by atoms with Crippen LogP contribution in [0.3, 0.4) is 0 Å². The zero-order chi connectivity index (χ0) is 18.8. The summed E-state index contributed by atoms with van der Waals surface area (Å²) in [5.41, 5.74) is 0.335. The minimum atomic E-state index is -0.998. The molecule has 0 radical (unpaired) electrons. The van der Waals surface area contributed by atoms with Gasteiger partial charge in [-0.2, -0.15) is 0 Å². The van der Waals surface area contributed by atoms with Crippen LogP contribution in [0, 0.1) is 23.3 Å².